The Balaban J connectivity index is 1.45. The minimum Gasteiger partial charge on any atom is -0.380 e. The van der Waals surface area contributed by atoms with E-state index in [0.717, 1.165) is 36.1 Å². The Labute approximate surface area is 185 Å². The highest BCUT2D eigenvalue weighted by atomic mass is 19.2. The summed E-state index contributed by atoms with van der Waals surface area (Å²) in [6, 6.07) is 20.6. The number of fused-ring (bicyclic) bond motifs is 1. The molecule has 0 unspecified atom stereocenters. The van der Waals surface area contributed by atoms with E-state index in [1.54, 1.807) is 31.4 Å². The molecule has 0 N–H and O–H groups in total. The van der Waals surface area contributed by atoms with Crippen LogP contribution in [-0.4, -0.2) is 7.11 Å². The maximum Gasteiger partial charge on any atom is 0.159 e. The summed E-state index contributed by atoms with van der Waals surface area (Å²) in [6.45, 7) is 0.586. The zero-order valence-corrected chi connectivity index (χ0v) is 17.6. The fourth-order valence-corrected chi connectivity index (χ4v) is 3.53. The third-order valence-electron chi connectivity index (χ3n) is 5.29. The van der Waals surface area contributed by atoms with Gasteiger partial charge in [0.1, 0.15) is 5.82 Å². The number of ether oxygens (including phenoxy) is 1. The van der Waals surface area contributed by atoms with Crippen molar-refractivity contribution < 1.29 is 17.9 Å². The summed E-state index contributed by atoms with van der Waals surface area (Å²) in [5.41, 5.74) is 4.10. The number of rotatable bonds is 5. The van der Waals surface area contributed by atoms with Gasteiger partial charge in [0.2, 0.25) is 0 Å². The fraction of sp³-hybridized carbons (Fsp3) is 0.143. The van der Waals surface area contributed by atoms with Crippen LogP contribution in [0, 0.1) is 29.3 Å². The lowest BCUT2D eigenvalue weighted by atomic mass is 10.0. The van der Waals surface area contributed by atoms with Crippen LogP contribution in [0.2, 0.25) is 0 Å². The van der Waals surface area contributed by atoms with Crippen LogP contribution in [0.5, 0.6) is 0 Å². The molecule has 4 rings (SSSR count). The predicted octanol–water partition coefficient (Wildman–Crippen LogP) is 6.59. The maximum absolute atomic E-state index is 14.6. The molecule has 0 aliphatic carbocycles. The monoisotopic (exact) mass is 430 g/mol. The van der Waals surface area contributed by atoms with Crippen molar-refractivity contribution in [3.63, 3.8) is 0 Å². The third-order valence-corrected chi connectivity index (χ3v) is 5.29. The van der Waals surface area contributed by atoms with Gasteiger partial charge in [-0.25, -0.2) is 13.2 Å². The normalized spacial score (nSPS) is 10.8. The van der Waals surface area contributed by atoms with Crippen molar-refractivity contribution >= 4 is 10.8 Å². The van der Waals surface area contributed by atoms with Gasteiger partial charge in [-0.2, -0.15) is 0 Å². The first-order valence-electron chi connectivity index (χ1n) is 10.3. The smallest absolute Gasteiger partial charge is 0.159 e. The van der Waals surface area contributed by atoms with Gasteiger partial charge in [-0.15, -0.1) is 0 Å². The van der Waals surface area contributed by atoms with E-state index in [9.17, 15) is 13.2 Å². The zero-order valence-electron chi connectivity index (χ0n) is 17.6. The number of hydrogen-bond acceptors (Lipinski definition) is 1. The van der Waals surface area contributed by atoms with Crippen LogP contribution in [0.25, 0.3) is 10.8 Å². The van der Waals surface area contributed by atoms with Gasteiger partial charge in [0.15, 0.2) is 11.6 Å². The molecule has 0 fully saturated rings. The van der Waals surface area contributed by atoms with E-state index in [1.165, 1.54) is 11.6 Å². The van der Waals surface area contributed by atoms with Gasteiger partial charge in [0, 0.05) is 12.7 Å². The zero-order chi connectivity index (χ0) is 22.5. The van der Waals surface area contributed by atoms with Crippen molar-refractivity contribution in [2.45, 2.75) is 19.4 Å². The van der Waals surface area contributed by atoms with E-state index in [0.29, 0.717) is 28.5 Å². The summed E-state index contributed by atoms with van der Waals surface area (Å²) >= 11 is 0. The highest BCUT2D eigenvalue weighted by Gasteiger charge is 2.05. The second-order valence-corrected chi connectivity index (χ2v) is 7.64. The fourth-order valence-electron chi connectivity index (χ4n) is 3.53. The minimum absolute atomic E-state index is 0.294. The number of halogens is 3. The molecule has 0 aliphatic rings. The van der Waals surface area contributed by atoms with E-state index >= 15 is 0 Å². The van der Waals surface area contributed by atoms with Crippen LogP contribution in [0.4, 0.5) is 13.2 Å². The second-order valence-electron chi connectivity index (χ2n) is 7.64. The summed E-state index contributed by atoms with van der Waals surface area (Å²) in [7, 11) is 1.67. The van der Waals surface area contributed by atoms with Crippen LogP contribution in [-0.2, 0) is 24.2 Å². The Kier molecular flexibility index (Phi) is 6.58. The van der Waals surface area contributed by atoms with Crippen LogP contribution in [0.3, 0.4) is 0 Å². The SMILES string of the molecule is COCc1ccc(CCc2ccc(C#Cc3ccc4cc(F)c(F)cc4c3)c(F)c2)cc1. The lowest BCUT2D eigenvalue weighted by molar-refractivity contribution is 0.185. The summed E-state index contributed by atoms with van der Waals surface area (Å²) in [4.78, 5) is 0. The van der Waals surface area contributed by atoms with Gasteiger partial charge >= 0.3 is 0 Å². The molecule has 0 heterocycles. The second kappa shape index (κ2) is 9.72. The maximum atomic E-state index is 14.6. The van der Waals surface area contributed by atoms with Gasteiger partial charge < -0.3 is 4.74 Å². The molecule has 4 heteroatoms. The van der Waals surface area contributed by atoms with E-state index in [2.05, 4.69) is 24.0 Å². The largest absolute Gasteiger partial charge is 0.380 e. The summed E-state index contributed by atoms with van der Waals surface area (Å²) < 4.78 is 46.5. The first kappa shape index (κ1) is 21.7. The van der Waals surface area contributed by atoms with Crippen molar-refractivity contribution in [3.8, 4) is 11.8 Å². The molecule has 0 bridgehead atoms. The number of aryl methyl sites for hydroxylation is 2. The lowest BCUT2D eigenvalue weighted by Crippen LogP contribution is -1.95. The number of hydrogen-bond donors (Lipinski definition) is 0. The molecule has 0 radical (unpaired) electrons. The quantitative estimate of drug-likeness (QED) is 0.325. The van der Waals surface area contributed by atoms with E-state index < -0.39 is 11.6 Å². The van der Waals surface area contributed by atoms with Crippen molar-refractivity contribution in [2.75, 3.05) is 7.11 Å². The Morgan fingerprint density at radius 2 is 1.28 bits per heavy atom. The molecule has 4 aromatic carbocycles. The van der Waals surface area contributed by atoms with Gasteiger partial charge in [0.25, 0.3) is 0 Å². The van der Waals surface area contributed by atoms with Crippen molar-refractivity contribution in [2.24, 2.45) is 0 Å². The average Bonchev–Trinajstić information content (AvgIpc) is 2.79. The molecule has 0 saturated heterocycles. The average molecular weight is 430 g/mol. The first-order valence-corrected chi connectivity index (χ1v) is 10.3. The van der Waals surface area contributed by atoms with E-state index in [4.69, 9.17) is 4.74 Å². The molecule has 4 aromatic rings. The van der Waals surface area contributed by atoms with E-state index in [1.807, 2.05) is 18.2 Å². The summed E-state index contributed by atoms with van der Waals surface area (Å²) in [5.74, 6) is 3.57. The van der Waals surface area contributed by atoms with Gasteiger partial charge in [0.05, 0.1) is 12.2 Å². The Bertz CT molecular complexity index is 1310. The van der Waals surface area contributed by atoms with Crippen LogP contribution >= 0.6 is 0 Å². The van der Waals surface area contributed by atoms with Gasteiger partial charge in [-0.05, 0) is 76.7 Å². The number of methoxy groups -OCH3 is 1. The lowest BCUT2D eigenvalue weighted by Gasteiger charge is -2.05. The molecule has 0 aromatic heterocycles. The number of benzene rings is 4. The van der Waals surface area contributed by atoms with Crippen LogP contribution in [0.15, 0.2) is 72.8 Å². The van der Waals surface area contributed by atoms with Crippen molar-refractivity contribution in [1.29, 1.82) is 0 Å². The van der Waals surface area contributed by atoms with Gasteiger partial charge in [-0.1, -0.05) is 48.2 Å². The molecular weight excluding hydrogens is 409 g/mol. The Morgan fingerprint density at radius 3 is 2.00 bits per heavy atom. The van der Waals surface area contributed by atoms with E-state index in [-0.39, 0.29) is 5.82 Å². The van der Waals surface area contributed by atoms with Crippen LogP contribution < -0.4 is 0 Å². The molecule has 0 saturated carbocycles. The molecular formula is C28H21F3O. The summed E-state index contributed by atoms with van der Waals surface area (Å²) in [6.07, 6.45) is 1.53. The topological polar surface area (TPSA) is 9.23 Å². The summed E-state index contributed by atoms with van der Waals surface area (Å²) in [5, 5.41) is 1.13. The standard InChI is InChI=1S/C28H21F3O/c1-32-18-22-6-3-19(4-7-22)2-5-21-9-12-23(26(29)15-21)11-8-20-10-13-24-16-27(30)28(31)17-25(24)14-20/h3-4,6-7,9-10,12-17H,2,5,18H2,1H3. The molecule has 0 aliphatic heterocycles. The third kappa shape index (κ3) is 5.19. The van der Waals surface area contributed by atoms with Gasteiger partial charge in [-0.3, -0.25) is 0 Å². The van der Waals surface area contributed by atoms with Crippen molar-refractivity contribution in [1.82, 2.24) is 0 Å². The highest BCUT2D eigenvalue weighted by Crippen LogP contribution is 2.20. The molecule has 0 amide bonds. The Hall–Kier alpha value is -3.55. The van der Waals surface area contributed by atoms with Crippen LogP contribution in [0.1, 0.15) is 27.8 Å². The molecule has 160 valence electrons. The molecule has 32 heavy (non-hydrogen) atoms. The Morgan fingerprint density at radius 1 is 0.625 bits per heavy atom. The minimum atomic E-state index is -0.907. The molecule has 1 nitrogen and oxygen atoms in total. The highest BCUT2D eigenvalue weighted by molar-refractivity contribution is 5.84. The first-order chi connectivity index (χ1) is 15.5. The van der Waals surface area contributed by atoms with Crippen molar-refractivity contribution in [3.05, 3.63) is 118 Å². The molecule has 0 atom stereocenters. The predicted molar refractivity (Wildman–Crippen MR) is 121 cm³/mol. The molecule has 0 spiro atoms.